The number of nitrogens with one attached hydrogen (secondary N) is 2. The Balaban J connectivity index is 2.52. The molecule has 0 aliphatic carbocycles. The first-order chi connectivity index (χ1) is 12.0. The van der Waals surface area contributed by atoms with Crippen LogP contribution in [0.5, 0.6) is 5.75 Å². The molecule has 1 unspecified atom stereocenters. The third kappa shape index (κ3) is 4.09. The van der Waals surface area contributed by atoms with Crippen molar-refractivity contribution in [1.29, 1.82) is 0 Å². The summed E-state index contributed by atoms with van der Waals surface area (Å²) < 4.78 is 15.1. The fraction of sp³-hybridized carbons (Fsp3) is 0.353. The second kappa shape index (κ2) is 8.18. The van der Waals surface area contributed by atoms with Gasteiger partial charge < -0.3 is 24.8 Å². The molecule has 0 radical (unpaired) electrons. The van der Waals surface area contributed by atoms with Gasteiger partial charge in [-0.2, -0.15) is 0 Å². The highest BCUT2D eigenvalue weighted by molar-refractivity contribution is 6.05. The van der Waals surface area contributed by atoms with Crippen LogP contribution >= 0.6 is 0 Å². The summed E-state index contributed by atoms with van der Waals surface area (Å²) >= 11 is 0. The first kappa shape index (κ1) is 18.3. The number of amides is 2. The van der Waals surface area contributed by atoms with Crippen LogP contribution in [0.25, 0.3) is 0 Å². The maximum atomic E-state index is 12.4. The quantitative estimate of drug-likeness (QED) is 0.754. The Morgan fingerprint density at radius 2 is 1.64 bits per heavy atom. The molecular weight excluding hydrogens is 328 g/mol. The summed E-state index contributed by atoms with van der Waals surface area (Å²) in [4.78, 5) is 36.6. The first-order valence-corrected chi connectivity index (χ1v) is 7.81. The van der Waals surface area contributed by atoms with Crippen LogP contribution in [0.4, 0.5) is 4.79 Å². The van der Waals surface area contributed by atoms with Crippen LogP contribution in [0.2, 0.25) is 0 Å². The molecule has 1 heterocycles. The molecule has 1 atom stereocenters. The zero-order chi connectivity index (χ0) is 18.4. The number of rotatable bonds is 6. The van der Waals surface area contributed by atoms with Crippen molar-refractivity contribution in [3.8, 4) is 5.75 Å². The van der Waals surface area contributed by atoms with Gasteiger partial charge in [-0.05, 0) is 31.5 Å². The lowest BCUT2D eigenvalue weighted by molar-refractivity contribution is -0.142. The zero-order valence-electron chi connectivity index (χ0n) is 14.3. The van der Waals surface area contributed by atoms with Crippen molar-refractivity contribution in [2.24, 2.45) is 0 Å². The van der Waals surface area contributed by atoms with Crippen LogP contribution in [0, 0.1) is 0 Å². The number of carbonyl (C=O) groups excluding carboxylic acids is 3. The summed E-state index contributed by atoms with van der Waals surface area (Å²) in [5.41, 5.74) is 0.371. The molecule has 134 valence electrons. The number of methoxy groups -OCH3 is 1. The Kier molecular flexibility index (Phi) is 5.99. The number of esters is 2. The molecule has 1 aliphatic heterocycles. The highest BCUT2D eigenvalue weighted by atomic mass is 16.5. The van der Waals surface area contributed by atoms with Crippen LogP contribution in [0.15, 0.2) is 35.5 Å². The minimum atomic E-state index is -0.849. The molecule has 2 N–H and O–H groups in total. The lowest BCUT2D eigenvalue weighted by atomic mass is 9.95. The first-order valence-electron chi connectivity index (χ1n) is 7.81. The zero-order valence-corrected chi connectivity index (χ0v) is 14.3. The van der Waals surface area contributed by atoms with Gasteiger partial charge in [0.2, 0.25) is 0 Å². The molecule has 0 spiro atoms. The molecule has 2 rings (SSSR count). The van der Waals surface area contributed by atoms with Crippen molar-refractivity contribution in [2.75, 3.05) is 20.3 Å². The summed E-state index contributed by atoms with van der Waals surface area (Å²) in [5.74, 6) is -0.880. The van der Waals surface area contributed by atoms with E-state index >= 15 is 0 Å². The summed E-state index contributed by atoms with van der Waals surface area (Å²) in [6.45, 7) is 3.52. The normalized spacial score (nSPS) is 16.6. The summed E-state index contributed by atoms with van der Waals surface area (Å²) in [6, 6.07) is 5.30. The number of carbonyl (C=O) groups is 3. The van der Waals surface area contributed by atoms with Crippen LogP contribution in [-0.2, 0) is 19.1 Å². The molecule has 8 heteroatoms. The Labute approximate surface area is 145 Å². The summed E-state index contributed by atoms with van der Waals surface area (Å²) in [7, 11) is 1.53. The van der Waals surface area contributed by atoms with Crippen molar-refractivity contribution >= 4 is 18.0 Å². The molecule has 0 saturated carbocycles. The van der Waals surface area contributed by atoms with E-state index in [2.05, 4.69) is 10.6 Å². The average Bonchev–Trinajstić information content (AvgIpc) is 2.61. The van der Waals surface area contributed by atoms with Gasteiger partial charge in [0.25, 0.3) is 0 Å². The van der Waals surface area contributed by atoms with Gasteiger partial charge in [0.05, 0.1) is 31.9 Å². The number of hydrogen-bond donors (Lipinski definition) is 2. The maximum absolute atomic E-state index is 12.4. The topological polar surface area (TPSA) is 103 Å². The summed E-state index contributed by atoms with van der Waals surface area (Å²) in [6.07, 6.45) is 0. The van der Waals surface area contributed by atoms with E-state index in [1.807, 2.05) is 0 Å². The van der Waals surface area contributed by atoms with Crippen molar-refractivity contribution in [3.63, 3.8) is 0 Å². The van der Waals surface area contributed by atoms with Gasteiger partial charge in [-0.15, -0.1) is 0 Å². The fourth-order valence-electron chi connectivity index (χ4n) is 2.40. The highest BCUT2D eigenvalue weighted by Crippen LogP contribution is 2.29. The molecule has 0 fully saturated rings. The van der Waals surface area contributed by atoms with Crippen molar-refractivity contribution < 1.29 is 28.6 Å². The molecule has 2 amide bonds. The van der Waals surface area contributed by atoms with Gasteiger partial charge in [-0.3, -0.25) is 0 Å². The Hall–Kier alpha value is -3.03. The van der Waals surface area contributed by atoms with Crippen molar-refractivity contribution in [1.82, 2.24) is 10.6 Å². The number of benzene rings is 1. The molecule has 1 aromatic carbocycles. The van der Waals surface area contributed by atoms with Gasteiger partial charge in [0.15, 0.2) is 0 Å². The van der Waals surface area contributed by atoms with Crippen molar-refractivity contribution in [3.05, 3.63) is 41.1 Å². The molecule has 8 nitrogen and oxygen atoms in total. The number of ether oxygens (including phenoxy) is 3. The van der Waals surface area contributed by atoms with Crippen LogP contribution < -0.4 is 15.4 Å². The van der Waals surface area contributed by atoms with Gasteiger partial charge in [0, 0.05) is 0 Å². The van der Waals surface area contributed by atoms with Crippen molar-refractivity contribution in [2.45, 2.75) is 19.9 Å². The van der Waals surface area contributed by atoms with E-state index < -0.39 is 24.0 Å². The average molecular weight is 348 g/mol. The van der Waals surface area contributed by atoms with E-state index in [0.717, 1.165) is 0 Å². The Bertz CT molecular complexity index is 696. The minimum Gasteiger partial charge on any atom is -0.497 e. The molecule has 25 heavy (non-hydrogen) atoms. The predicted octanol–water partition coefficient (Wildman–Crippen LogP) is 1.43. The standard InChI is InChI=1S/C17H20N2O6/c1-4-24-15(20)12-13(10-6-8-11(23-3)9-7-10)18-17(22)19-14(12)16(21)25-5-2/h6-9,13H,4-5H2,1-3H3,(H2,18,19,22). The predicted molar refractivity (Wildman–Crippen MR) is 87.7 cm³/mol. The van der Waals surface area contributed by atoms with Gasteiger partial charge in [-0.25, -0.2) is 14.4 Å². The lowest BCUT2D eigenvalue weighted by Gasteiger charge is -2.28. The van der Waals surface area contributed by atoms with E-state index in [-0.39, 0.29) is 24.5 Å². The third-order valence-electron chi connectivity index (χ3n) is 3.50. The van der Waals surface area contributed by atoms with E-state index in [0.29, 0.717) is 11.3 Å². The van der Waals surface area contributed by atoms with Crippen LogP contribution in [0.1, 0.15) is 25.5 Å². The molecular formula is C17H20N2O6. The number of urea groups is 1. The largest absolute Gasteiger partial charge is 0.497 e. The monoisotopic (exact) mass is 348 g/mol. The highest BCUT2D eigenvalue weighted by Gasteiger charge is 2.37. The Morgan fingerprint density at radius 3 is 2.20 bits per heavy atom. The number of hydrogen-bond acceptors (Lipinski definition) is 6. The third-order valence-corrected chi connectivity index (χ3v) is 3.50. The van der Waals surface area contributed by atoms with Crippen LogP contribution in [0.3, 0.4) is 0 Å². The van der Waals surface area contributed by atoms with E-state index in [1.165, 1.54) is 7.11 Å². The van der Waals surface area contributed by atoms with Gasteiger partial charge in [0.1, 0.15) is 11.4 Å². The molecule has 1 aliphatic rings. The lowest BCUT2D eigenvalue weighted by Crippen LogP contribution is -2.48. The molecule has 0 bridgehead atoms. The fourth-order valence-corrected chi connectivity index (χ4v) is 2.40. The smallest absolute Gasteiger partial charge is 0.355 e. The molecule has 0 saturated heterocycles. The molecule has 0 aromatic heterocycles. The van der Waals surface area contributed by atoms with E-state index in [1.54, 1.807) is 38.1 Å². The van der Waals surface area contributed by atoms with E-state index in [9.17, 15) is 14.4 Å². The Morgan fingerprint density at radius 1 is 1.04 bits per heavy atom. The summed E-state index contributed by atoms with van der Waals surface area (Å²) in [5, 5.41) is 4.97. The van der Waals surface area contributed by atoms with E-state index in [4.69, 9.17) is 14.2 Å². The van der Waals surface area contributed by atoms with Gasteiger partial charge in [-0.1, -0.05) is 12.1 Å². The second-order valence-electron chi connectivity index (χ2n) is 5.03. The second-order valence-corrected chi connectivity index (χ2v) is 5.03. The van der Waals surface area contributed by atoms with Gasteiger partial charge >= 0.3 is 18.0 Å². The minimum absolute atomic E-state index is 0.00920. The maximum Gasteiger partial charge on any atom is 0.355 e. The van der Waals surface area contributed by atoms with Crippen LogP contribution in [-0.4, -0.2) is 38.3 Å². The molecule has 1 aromatic rings. The SMILES string of the molecule is CCOC(=O)C1=C(C(=O)OCC)C(c2ccc(OC)cc2)NC(=O)N1.